The Balaban J connectivity index is 2.10. The highest BCUT2D eigenvalue weighted by Gasteiger charge is 2.27. The van der Waals surface area contributed by atoms with Gasteiger partial charge in [-0.2, -0.15) is 0 Å². The number of hydrogen-bond acceptors (Lipinski definition) is 2. The van der Waals surface area contributed by atoms with Gasteiger partial charge in [0, 0.05) is 0 Å². The summed E-state index contributed by atoms with van der Waals surface area (Å²) < 4.78 is 43.4. The van der Waals surface area contributed by atoms with E-state index in [0.29, 0.717) is 5.75 Å². The molecule has 0 aromatic heterocycles. The molecule has 0 saturated heterocycles. The maximum Gasteiger partial charge on any atom is 0.509 e. The fourth-order valence-corrected chi connectivity index (χ4v) is 1.92. The summed E-state index contributed by atoms with van der Waals surface area (Å²) >= 11 is 0. The molecular weight excluding hydrogens is 268 g/mol. The van der Waals surface area contributed by atoms with E-state index >= 15 is 0 Å². The third kappa shape index (κ3) is 3.47. The van der Waals surface area contributed by atoms with E-state index in [1.807, 2.05) is 0 Å². The Morgan fingerprint density at radius 3 is 2.45 bits per heavy atom. The van der Waals surface area contributed by atoms with Crippen molar-refractivity contribution in [1.29, 1.82) is 0 Å². The quantitative estimate of drug-likeness (QED) is 0.871. The lowest BCUT2D eigenvalue weighted by molar-refractivity contribution is 0.305. The first kappa shape index (κ1) is 14.3. The molecule has 20 heavy (non-hydrogen) atoms. The molecule has 106 valence electrons. The summed E-state index contributed by atoms with van der Waals surface area (Å²) in [5.74, 6) is 0.493. The number of hydrogen-bond donors (Lipinski definition) is 1. The number of halogens is 3. The van der Waals surface area contributed by atoms with Gasteiger partial charge in [0.05, 0.1) is 0 Å². The Kier molecular flexibility index (Phi) is 3.92. The molecule has 6 heteroatoms. The Labute approximate surface area is 114 Å². The molecule has 2 aromatic carbocycles. The van der Waals surface area contributed by atoms with Crippen LogP contribution >= 0.6 is 0 Å². The van der Waals surface area contributed by atoms with Crippen molar-refractivity contribution in [1.82, 2.24) is 0 Å². The molecule has 2 aromatic rings. The van der Waals surface area contributed by atoms with Gasteiger partial charge in [-0.3, -0.25) is 0 Å². The summed E-state index contributed by atoms with van der Waals surface area (Å²) in [7, 11) is 0. The maximum atomic E-state index is 12.7. The third-order valence-electron chi connectivity index (χ3n) is 2.91. The van der Waals surface area contributed by atoms with Crippen LogP contribution < -0.4 is 10.2 Å². The largest absolute Gasteiger partial charge is 0.509 e. The van der Waals surface area contributed by atoms with Crippen LogP contribution in [0.2, 0.25) is 0 Å². The van der Waals surface area contributed by atoms with Crippen molar-refractivity contribution in [3.63, 3.8) is 0 Å². The second kappa shape index (κ2) is 5.49. The molecule has 0 unspecified atom stereocenters. The van der Waals surface area contributed by atoms with Gasteiger partial charge in [-0.1, -0.05) is 23.8 Å². The minimum absolute atomic E-state index is 0.123. The van der Waals surface area contributed by atoms with Crippen molar-refractivity contribution in [2.45, 2.75) is 13.5 Å². The van der Waals surface area contributed by atoms with E-state index in [-0.39, 0.29) is 17.9 Å². The number of phenols is 1. The van der Waals surface area contributed by atoms with E-state index in [1.54, 1.807) is 18.2 Å². The summed E-state index contributed by atoms with van der Waals surface area (Å²) in [4.78, 5) is 0. The number of aryl methyl sites for hydroxylation is 1. The third-order valence-corrected chi connectivity index (χ3v) is 2.91. The molecule has 0 heterocycles. The highest BCUT2D eigenvalue weighted by Crippen LogP contribution is 2.19. The Morgan fingerprint density at radius 1 is 1.10 bits per heavy atom. The van der Waals surface area contributed by atoms with Crippen LogP contribution in [0, 0.1) is 6.92 Å². The SMILES string of the molecule is Cc1cc(OCc2cccc(O)c2)ccc1[B-](F)(F)F. The summed E-state index contributed by atoms with van der Waals surface area (Å²) in [6.45, 7) is -3.40. The summed E-state index contributed by atoms with van der Waals surface area (Å²) in [5.41, 5.74) is 0.285. The highest BCUT2D eigenvalue weighted by molar-refractivity contribution is 6.74. The highest BCUT2D eigenvalue weighted by atomic mass is 19.4. The van der Waals surface area contributed by atoms with Gasteiger partial charge in [-0.15, -0.1) is 5.46 Å². The van der Waals surface area contributed by atoms with E-state index in [0.717, 1.165) is 11.6 Å². The van der Waals surface area contributed by atoms with Gasteiger partial charge < -0.3 is 22.8 Å². The van der Waals surface area contributed by atoms with Crippen LogP contribution in [0.3, 0.4) is 0 Å². The number of benzene rings is 2. The monoisotopic (exact) mass is 281 g/mol. The molecule has 0 saturated carbocycles. The molecule has 2 rings (SSSR count). The first-order valence-electron chi connectivity index (χ1n) is 6.07. The molecule has 0 fully saturated rings. The van der Waals surface area contributed by atoms with Crippen LogP contribution in [0.1, 0.15) is 11.1 Å². The summed E-state index contributed by atoms with van der Waals surface area (Å²) in [6, 6.07) is 10.2. The molecular formula is C14H13BF3O2-. The number of aromatic hydroxyl groups is 1. The fraction of sp³-hybridized carbons (Fsp3) is 0.143. The van der Waals surface area contributed by atoms with Crippen LogP contribution in [0.4, 0.5) is 12.9 Å². The minimum Gasteiger partial charge on any atom is -0.508 e. The summed E-state index contributed by atoms with van der Waals surface area (Å²) in [6.07, 6.45) is 0. The van der Waals surface area contributed by atoms with Crippen molar-refractivity contribution in [2.24, 2.45) is 0 Å². The van der Waals surface area contributed by atoms with E-state index in [4.69, 9.17) is 4.74 Å². The second-order valence-corrected chi connectivity index (χ2v) is 4.55. The second-order valence-electron chi connectivity index (χ2n) is 4.55. The topological polar surface area (TPSA) is 29.5 Å². The minimum atomic E-state index is -5.00. The van der Waals surface area contributed by atoms with Crippen LogP contribution in [0.5, 0.6) is 11.5 Å². The van der Waals surface area contributed by atoms with E-state index in [9.17, 15) is 18.1 Å². The van der Waals surface area contributed by atoms with Gasteiger partial charge in [-0.05, 0) is 36.8 Å². The molecule has 0 aliphatic rings. The van der Waals surface area contributed by atoms with Crippen molar-refractivity contribution in [3.05, 3.63) is 53.6 Å². The lowest BCUT2D eigenvalue weighted by atomic mass is 9.77. The van der Waals surface area contributed by atoms with Crippen molar-refractivity contribution in [3.8, 4) is 11.5 Å². The number of rotatable bonds is 4. The van der Waals surface area contributed by atoms with Gasteiger partial charge in [-0.25, -0.2) is 0 Å². The lowest BCUT2D eigenvalue weighted by Crippen LogP contribution is -2.35. The van der Waals surface area contributed by atoms with E-state index < -0.39 is 12.4 Å². The molecule has 0 aliphatic heterocycles. The Bertz CT molecular complexity index is 612. The lowest BCUT2D eigenvalue weighted by Gasteiger charge is -2.18. The Hall–Kier alpha value is -2.11. The smallest absolute Gasteiger partial charge is 0.508 e. The number of ether oxygens (including phenoxy) is 1. The van der Waals surface area contributed by atoms with Gasteiger partial charge in [0.2, 0.25) is 0 Å². The molecule has 2 nitrogen and oxygen atoms in total. The van der Waals surface area contributed by atoms with Gasteiger partial charge in [0.15, 0.2) is 0 Å². The Morgan fingerprint density at radius 2 is 1.85 bits per heavy atom. The molecule has 0 atom stereocenters. The van der Waals surface area contributed by atoms with Crippen LogP contribution in [-0.4, -0.2) is 12.1 Å². The number of phenolic OH excluding ortho intramolecular Hbond substituents is 1. The maximum absolute atomic E-state index is 12.7. The summed E-state index contributed by atoms with van der Waals surface area (Å²) in [5, 5.41) is 9.30. The first-order chi connectivity index (χ1) is 9.36. The molecule has 0 bridgehead atoms. The molecule has 1 N–H and O–H groups in total. The van der Waals surface area contributed by atoms with E-state index in [1.165, 1.54) is 25.1 Å². The van der Waals surface area contributed by atoms with Crippen LogP contribution in [0.25, 0.3) is 0 Å². The van der Waals surface area contributed by atoms with Crippen molar-refractivity contribution < 1.29 is 22.8 Å². The van der Waals surface area contributed by atoms with Gasteiger partial charge in [0.1, 0.15) is 18.1 Å². The fourth-order valence-electron chi connectivity index (χ4n) is 1.92. The van der Waals surface area contributed by atoms with Gasteiger partial charge in [0.25, 0.3) is 0 Å². The van der Waals surface area contributed by atoms with E-state index in [2.05, 4.69) is 0 Å². The zero-order chi connectivity index (χ0) is 14.8. The first-order valence-corrected chi connectivity index (χ1v) is 6.07. The zero-order valence-corrected chi connectivity index (χ0v) is 10.8. The van der Waals surface area contributed by atoms with Crippen LogP contribution in [0.15, 0.2) is 42.5 Å². The van der Waals surface area contributed by atoms with Gasteiger partial charge >= 0.3 is 6.98 Å². The molecule has 0 amide bonds. The average molecular weight is 281 g/mol. The predicted molar refractivity (Wildman–Crippen MR) is 72.3 cm³/mol. The predicted octanol–water partition coefficient (Wildman–Crippen LogP) is 3.33. The normalized spacial score (nSPS) is 11.4. The van der Waals surface area contributed by atoms with Crippen molar-refractivity contribution in [2.75, 3.05) is 0 Å². The van der Waals surface area contributed by atoms with Crippen LogP contribution in [-0.2, 0) is 6.61 Å². The zero-order valence-electron chi connectivity index (χ0n) is 10.8. The molecule has 0 aliphatic carbocycles. The van der Waals surface area contributed by atoms with Crippen molar-refractivity contribution >= 4 is 12.4 Å². The average Bonchev–Trinajstić information content (AvgIpc) is 2.35. The standard InChI is InChI=1S/C14H13BF3O2/c1-10-7-13(5-6-14(10)15(16,17)18)20-9-11-3-2-4-12(19)8-11/h2-8,19H,9H2,1H3/q-1. The molecule has 0 radical (unpaired) electrons. The molecule has 0 spiro atoms.